The van der Waals surface area contributed by atoms with Gasteiger partial charge in [-0.1, -0.05) is 20.3 Å². The van der Waals surface area contributed by atoms with Gasteiger partial charge in [0.05, 0.1) is 0 Å². The fraction of sp³-hybridized carbons (Fsp3) is 0.900. The summed E-state index contributed by atoms with van der Waals surface area (Å²) in [5.41, 5.74) is 0. The molecule has 0 saturated heterocycles. The molecule has 0 aromatic rings. The number of hydrogen-bond acceptors (Lipinski definition) is 2. The molecule has 1 unspecified atom stereocenters. The van der Waals surface area contributed by atoms with Crippen LogP contribution in [0.25, 0.3) is 0 Å². The molecule has 0 rings (SSSR count). The third-order valence-electron chi connectivity index (χ3n) is 1.94. The molecule has 0 aliphatic heterocycles. The maximum absolute atomic E-state index is 10.5. The molecular formula is C10H21NO2. The van der Waals surface area contributed by atoms with Crippen molar-refractivity contribution in [3.05, 3.63) is 0 Å². The average Bonchev–Trinajstić information content (AvgIpc) is 2.10. The van der Waals surface area contributed by atoms with Crippen LogP contribution in [0.1, 0.15) is 33.6 Å². The van der Waals surface area contributed by atoms with E-state index in [0.717, 1.165) is 32.6 Å². The molecule has 78 valence electrons. The monoisotopic (exact) mass is 187 g/mol. The third-order valence-corrected chi connectivity index (χ3v) is 1.94. The number of ether oxygens (including phenoxy) is 1. The summed E-state index contributed by atoms with van der Waals surface area (Å²) in [4.78, 5) is 10.5. The predicted molar refractivity (Wildman–Crippen MR) is 53.6 cm³/mol. The fourth-order valence-electron chi connectivity index (χ4n) is 0.841. The minimum absolute atomic E-state index is 0.0296. The Hall–Kier alpha value is -0.570. The van der Waals surface area contributed by atoms with E-state index in [9.17, 15) is 4.79 Å². The Morgan fingerprint density at radius 2 is 2.23 bits per heavy atom. The quantitative estimate of drug-likeness (QED) is 0.614. The van der Waals surface area contributed by atoms with Crippen LogP contribution in [0.2, 0.25) is 0 Å². The predicted octanol–water partition coefficient (Wildman–Crippen LogP) is 1.58. The van der Waals surface area contributed by atoms with E-state index in [4.69, 9.17) is 4.74 Å². The van der Waals surface area contributed by atoms with Crippen molar-refractivity contribution in [1.82, 2.24) is 5.32 Å². The molecule has 3 heteroatoms. The van der Waals surface area contributed by atoms with Crippen molar-refractivity contribution in [3.8, 4) is 0 Å². The van der Waals surface area contributed by atoms with Gasteiger partial charge in [0.2, 0.25) is 5.91 Å². The number of carbonyl (C=O) groups is 1. The largest absolute Gasteiger partial charge is 0.381 e. The van der Waals surface area contributed by atoms with Gasteiger partial charge in [-0.25, -0.2) is 0 Å². The van der Waals surface area contributed by atoms with Crippen molar-refractivity contribution >= 4 is 5.91 Å². The molecule has 0 aromatic heterocycles. The average molecular weight is 187 g/mol. The van der Waals surface area contributed by atoms with E-state index >= 15 is 0 Å². The highest BCUT2D eigenvalue weighted by Crippen LogP contribution is 2.00. The van der Waals surface area contributed by atoms with E-state index in [1.165, 1.54) is 6.92 Å². The van der Waals surface area contributed by atoms with E-state index in [0.29, 0.717) is 5.92 Å². The fourth-order valence-corrected chi connectivity index (χ4v) is 0.841. The number of hydrogen-bond donors (Lipinski definition) is 1. The molecule has 1 atom stereocenters. The van der Waals surface area contributed by atoms with Crippen LogP contribution in [0.5, 0.6) is 0 Å². The smallest absolute Gasteiger partial charge is 0.216 e. The van der Waals surface area contributed by atoms with Gasteiger partial charge in [-0.2, -0.15) is 0 Å². The number of amides is 1. The van der Waals surface area contributed by atoms with Gasteiger partial charge in [-0.05, 0) is 12.3 Å². The molecule has 1 amide bonds. The molecule has 0 fully saturated rings. The Morgan fingerprint density at radius 1 is 1.54 bits per heavy atom. The van der Waals surface area contributed by atoms with Crippen LogP contribution in [-0.2, 0) is 9.53 Å². The summed E-state index contributed by atoms with van der Waals surface area (Å²) in [6.45, 7) is 8.15. The van der Waals surface area contributed by atoms with E-state index in [1.54, 1.807) is 0 Å². The minimum atomic E-state index is 0.0296. The third kappa shape index (κ3) is 9.34. The molecule has 13 heavy (non-hydrogen) atoms. The lowest BCUT2D eigenvalue weighted by atomic mass is 10.1. The van der Waals surface area contributed by atoms with E-state index in [1.807, 2.05) is 0 Å². The highest BCUT2D eigenvalue weighted by molar-refractivity contribution is 5.72. The van der Waals surface area contributed by atoms with Crippen LogP contribution in [0.4, 0.5) is 0 Å². The molecule has 3 nitrogen and oxygen atoms in total. The van der Waals surface area contributed by atoms with E-state index in [-0.39, 0.29) is 5.91 Å². The van der Waals surface area contributed by atoms with Crippen molar-refractivity contribution in [2.75, 3.05) is 19.8 Å². The highest BCUT2D eigenvalue weighted by atomic mass is 16.5. The van der Waals surface area contributed by atoms with Crippen LogP contribution in [-0.4, -0.2) is 25.7 Å². The topological polar surface area (TPSA) is 38.3 Å². The summed E-state index contributed by atoms with van der Waals surface area (Å²) < 4.78 is 5.42. The van der Waals surface area contributed by atoms with E-state index < -0.39 is 0 Å². The zero-order valence-corrected chi connectivity index (χ0v) is 8.93. The van der Waals surface area contributed by atoms with Gasteiger partial charge in [0.1, 0.15) is 0 Å². The molecule has 0 saturated carbocycles. The van der Waals surface area contributed by atoms with Gasteiger partial charge >= 0.3 is 0 Å². The van der Waals surface area contributed by atoms with Gasteiger partial charge < -0.3 is 10.1 Å². The Kier molecular flexibility index (Phi) is 7.69. The molecule has 1 N–H and O–H groups in total. The lowest BCUT2D eigenvalue weighted by Gasteiger charge is -2.09. The highest BCUT2D eigenvalue weighted by Gasteiger charge is 1.97. The van der Waals surface area contributed by atoms with Gasteiger partial charge in [0, 0.05) is 26.7 Å². The first-order valence-corrected chi connectivity index (χ1v) is 4.99. The maximum Gasteiger partial charge on any atom is 0.216 e. The van der Waals surface area contributed by atoms with Gasteiger partial charge in [-0.3, -0.25) is 4.79 Å². The number of rotatable bonds is 7. The molecule has 0 aromatic carbocycles. The van der Waals surface area contributed by atoms with E-state index in [2.05, 4.69) is 19.2 Å². The number of nitrogens with one attached hydrogen (secondary N) is 1. The summed E-state index contributed by atoms with van der Waals surface area (Å²) >= 11 is 0. The second-order valence-electron chi connectivity index (χ2n) is 3.42. The normalized spacial score (nSPS) is 12.5. The lowest BCUT2D eigenvalue weighted by Crippen LogP contribution is -2.22. The van der Waals surface area contributed by atoms with Crippen LogP contribution in [0, 0.1) is 5.92 Å². The minimum Gasteiger partial charge on any atom is -0.381 e. The lowest BCUT2D eigenvalue weighted by molar-refractivity contribution is -0.119. The Labute approximate surface area is 80.8 Å². The zero-order valence-electron chi connectivity index (χ0n) is 8.93. The SMILES string of the molecule is CCC(C)COCCCNC(C)=O. The zero-order chi connectivity index (χ0) is 10.1. The van der Waals surface area contributed by atoms with Crippen molar-refractivity contribution < 1.29 is 9.53 Å². The van der Waals surface area contributed by atoms with Crippen LogP contribution in [0.15, 0.2) is 0 Å². The van der Waals surface area contributed by atoms with Crippen LogP contribution in [0.3, 0.4) is 0 Å². The summed E-state index contributed by atoms with van der Waals surface area (Å²) in [6.07, 6.45) is 2.06. The second-order valence-corrected chi connectivity index (χ2v) is 3.42. The summed E-state index contributed by atoms with van der Waals surface area (Å²) in [5, 5.41) is 2.73. The first-order chi connectivity index (χ1) is 6.16. The molecule has 0 aliphatic rings. The van der Waals surface area contributed by atoms with Crippen molar-refractivity contribution in [2.45, 2.75) is 33.6 Å². The first-order valence-electron chi connectivity index (χ1n) is 4.99. The Bertz CT molecular complexity index is 137. The summed E-state index contributed by atoms with van der Waals surface area (Å²) in [5.74, 6) is 0.669. The molecular weight excluding hydrogens is 166 g/mol. The van der Waals surface area contributed by atoms with Gasteiger partial charge in [0.25, 0.3) is 0 Å². The summed E-state index contributed by atoms with van der Waals surface area (Å²) in [7, 11) is 0. The Morgan fingerprint density at radius 3 is 2.77 bits per heavy atom. The second kappa shape index (κ2) is 8.05. The molecule has 0 radical (unpaired) electrons. The molecule has 0 bridgehead atoms. The van der Waals surface area contributed by atoms with Crippen LogP contribution < -0.4 is 5.32 Å². The van der Waals surface area contributed by atoms with Crippen LogP contribution >= 0.6 is 0 Å². The standard InChI is InChI=1S/C10H21NO2/c1-4-9(2)8-13-7-5-6-11-10(3)12/h9H,4-8H2,1-3H3,(H,11,12). The van der Waals surface area contributed by atoms with Gasteiger partial charge in [-0.15, -0.1) is 0 Å². The van der Waals surface area contributed by atoms with Gasteiger partial charge in [0.15, 0.2) is 0 Å². The number of carbonyl (C=O) groups excluding carboxylic acids is 1. The molecule has 0 aliphatic carbocycles. The molecule has 0 heterocycles. The Balaban J connectivity index is 3.04. The van der Waals surface area contributed by atoms with Crippen molar-refractivity contribution in [1.29, 1.82) is 0 Å². The first kappa shape index (κ1) is 12.4. The summed E-state index contributed by atoms with van der Waals surface area (Å²) in [6, 6.07) is 0. The maximum atomic E-state index is 10.5. The van der Waals surface area contributed by atoms with Crippen molar-refractivity contribution in [3.63, 3.8) is 0 Å². The molecule has 0 spiro atoms. The van der Waals surface area contributed by atoms with Crippen molar-refractivity contribution in [2.24, 2.45) is 5.92 Å².